The molecule has 3 aromatic rings. The van der Waals surface area contributed by atoms with Crippen LogP contribution in [0, 0.1) is 5.41 Å². The van der Waals surface area contributed by atoms with Crippen molar-refractivity contribution in [2.75, 3.05) is 13.1 Å². The Bertz CT molecular complexity index is 1270. The molecule has 1 saturated heterocycles. The van der Waals surface area contributed by atoms with Crippen LogP contribution in [0.25, 0.3) is 10.4 Å². The number of aliphatic hydroxyl groups is 1. The van der Waals surface area contributed by atoms with E-state index < -0.39 is 23.0 Å². The summed E-state index contributed by atoms with van der Waals surface area (Å²) < 4.78 is 0. The highest BCUT2D eigenvalue weighted by atomic mass is 35.5. The first-order chi connectivity index (χ1) is 17.0. The molecule has 0 spiro atoms. The quantitative estimate of drug-likeness (QED) is 0.430. The smallest absolute Gasteiger partial charge is 0.253 e. The molecule has 2 N–H and O–H groups in total. The first-order valence-corrected chi connectivity index (χ1v) is 13.0. The van der Waals surface area contributed by atoms with Crippen LogP contribution in [0.3, 0.4) is 0 Å². The Labute approximate surface area is 220 Å². The minimum atomic E-state index is -1.12. The van der Waals surface area contributed by atoms with Crippen LogP contribution in [0.1, 0.15) is 43.1 Å². The third-order valence-electron chi connectivity index (χ3n) is 6.90. The van der Waals surface area contributed by atoms with E-state index in [0.29, 0.717) is 35.7 Å². The average Bonchev–Trinajstić information content (AvgIpc) is 3.39. The summed E-state index contributed by atoms with van der Waals surface area (Å²) in [6, 6.07) is 12.0. The number of hydrogen-bond donors (Lipinski definition) is 2. The molecular formula is C28H30ClN3O3S. The molecule has 1 fully saturated rings. The van der Waals surface area contributed by atoms with Crippen molar-refractivity contribution >= 4 is 34.8 Å². The number of pyridine rings is 1. The fraction of sp³-hybridized carbons (Fsp3) is 0.321. The summed E-state index contributed by atoms with van der Waals surface area (Å²) in [6.07, 6.45) is 3.56. The van der Waals surface area contributed by atoms with E-state index in [1.165, 1.54) is 6.20 Å². The van der Waals surface area contributed by atoms with E-state index in [2.05, 4.69) is 16.9 Å². The van der Waals surface area contributed by atoms with Gasteiger partial charge in [0, 0.05) is 46.4 Å². The minimum absolute atomic E-state index is 0.246. The summed E-state index contributed by atoms with van der Waals surface area (Å²) in [5.74, 6) is -0.638. The normalized spacial score (nSPS) is 20.0. The Morgan fingerprint density at radius 1 is 1.22 bits per heavy atom. The van der Waals surface area contributed by atoms with Crippen LogP contribution < -0.4 is 5.32 Å². The van der Waals surface area contributed by atoms with Crippen molar-refractivity contribution in [3.8, 4) is 10.4 Å². The van der Waals surface area contributed by atoms with E-state index in [0.717, 1.165) is 16.0 Å². The van der Waals surface area contributed by atoms with Crippen LogP contribution in [0.15, 0.2) is 72.4 Å². The van der Waals surface area contributed by atoms with Crippen molar-refractivity contribution in [1.82, 2.24) is 15.2 Å². The maximum atomic E-state index is 13.6. The lowest BCUT2D eigenvalue weighted by atomic mass is 9.66. The maximum Gasteiger partial charge on any atom is 0.253 e. The number of benzene rings is 1. The molecule has 6 nitrogen and oxygen atoms in total. The van der Waals surface area contributed by atoms with Crippen LogP contribution >= 0.6 is 22.9 Å². The Kier molecular flexibility index (Phi) is 7.36. The third kappa shape index (κ3) is 5.09. The number of halogens is 1. The highest BCUT2D eigenvalue weighted by Crippen LogP contribution is 2.46. The number of carbonyl (C=O) groups excluding carboxylic acids is 2. The van der Waals surface area contributed by atoms with Crippen molar-refractivity contribution < 1.29 is 14.7 Å². The molecular weight excluding hydrogens is 494 g/mol. The molecule has 4 rings (SSSR count). The van der Waals surface area contributed by atoms with E-state index in [1.54, 1.807) is 47.6 Å². The molecule has 0 aliphatic carbocycles. The molecule has 1 aromatic carbocycles. The fourth-order valence-electron chi connectivity index (χ4n) is 4.71. The van der Waals surface area contributed by atoms with Crippen molar-refractivity contribution in [3.05, 3.63) is 88.5 Å². The van der Waals surface area contributed by atoms with Gasteiger partial charge in [-0.1, -0.05) is 50.2 Å². The Morgan fingerprint density at radius 3 is 2.56 bits per heavy atom. The highest BCUT2D eigenvalue weighted by Gasteiger charge is 2.50. The number of rotatable bonds is 6. The Hall–Kier alpha value is -3.00. The molecule has 2 atom stereocenters. The topological polar surface area (TPSA) is 82.5 Å². The zero-order chi connectivity index (χ0) is 26.1. The van der Waals surface area contributed by atoms with Crippen LogP contribution in [0.5, 0.6) is 0 Å². The molecule has 0 unspecified atom stereocenters. The number of aromatic nitrogens is 1. The number of amides is 2. The van der Waals surface area contributed by atoms with Gasteiger partial charge in [0.2, 0.25) is 5.91 Å². The molecule has 3 heterocycles. The number of thiophene rings is 1. The first kappa shape index (κ1) is 26.1. The van der Waals surface area contributed by atoms with Gasteiger partial charge >= 0.3 is 0 Å². The summed E-state index contributed by atoms with van der Waals surface area (Å²) in [4.78, 5) is 33.6. The monoisotopic (exact) mass is 523 g/mol. The van der Waals surface area contributed by atoms with E-state index >= 15 is 0 Å². The van der Waals surface area contributed by atoms with Crippen molar-refractivity contribution in [2.45, 2.75) is 38.8 Å². The predicted octanol–water partition coefficient (Wildman–Crippen LogP) is 5.28. The van der Waals surface area contributed by atoms with Crippen molar-refractivity contribution in [3.63, 3.8) is 0 Å². The number of likely N-dealkylation sites (tertiary alicyclic amines) is 1. The second-order valence-corrected chi connectivity index (χ2v) is 11.3. The number of piperidine rings is 1. The standard InChI is InChI=1S/C28H30ClN3O3S/c1-18(2)24(31-25(33)20-14-19(15-30-16-20)23-6-5-13-36-23)26(34)32-12-11-28(35,27(3,4)17-32)21-7-9-22(29)10-8-21/h5-10,13-16,24,35H,1,11-12,17H2,2-4H3,(H,31,33)/t24-,28+/m1/s1. The van der Waals surface area contributed by atoms with Gasteiger partial charge < -0.3 is 15.3 Å². The minimum Gasteiger partial charge on any atom is -0.384 e. The van der Waals surface area contributed by atoms with Crippen LogP contribution in [0.4, 0.5) is 0 Å². The van der Waals surface area contributed by atoms with Gasteiger partial charge in [0.05, 0.1) is 11.2 Å². The first-order valence-electron chi connectivity index (χ1n) is 11.7. The zero-order valence-corrected chi connectivity index (χ0v) is 22.2. The van der Waals surface area contributed by atoms with E-state index in [9.17, 15) is 14.7 Å². The van der Waals surface area contributed by atoms with E-state index in [4.69, 9.17) is 11.6 Å². The van der Waals surface area contributed by atoms with Crippen molar-refractivity contribution in [2.24, 2.45) is 5.41 Å². The second kappa shape index (κ2) is 10.2. The summed E-state index contributed by atoms with van der Waals surface area (Å²) in [6.45, 7) is 10.2. The molecule has 8 heteroatoms. The van der Waals surface area contributed by atoms with Gasteiger partial charge in [0.1, 0.15) is 6.04 Å². The number of nitrogens with one attached hydrogen (secondary N) is 1. The second-order valence-electron chi connectivity index (χ2n) is 9.95. The molecule has 1 aliphatic rings. The van der Waals surface area contributed by atoms with Gasteiger partial charge in [-0.2, -0.15) is 0 Å². The third-order valence-corrected chi connectivity index (χ3v) is 8.07. The summed E-state index contributed by atoms with van der Waals surface area (Å²) >= 11 is 7.60. The maximum absolute atomic E-state index is 13.6. The predicted molar refractivity (Wildman–Crippen MR) is 144 cm³/mol. The van der Waals surface area contributed by atoms with E-state index in [-0.39, 0.29) is 5.91 Å². The van der Waals surface area contributed by atoms with Crippen LogP contribution in [-0.2, 0) is 10.4 Å². The van der Waals surface area contributed by atoms with Gasteiger partial charge in [0.15, 0.2) is 0 Å². The van der Waals surface area contributed by atoms with Crippen LogP contribution in [0.2, 0.25) is 5.02 Å². The summed E-state index contributed by atoms with van der Waals surface area (Å²) in [5, 5.41) is 17.0. The zero-order valence-electron chi connectivity index (χ0n) is 20.6. The molecule has 2 aromatic heterocycles. The van der Waals surface area contributed by atoms with Gasteiger partial charge in [-0.3, -0.25) is 14.6 Å². The molecule has 2 amide bonds. The van der Waals surface area contributed by atoms with Gasteiger partial charge in [-0.05, 0) is 54.1 Å². The lowest BCUT2D eigenvalue weighted by Crippen LogP contribution is -2.60. The SMILES string of the molecule is C=C(C)[C@@H](NC(=O)c1cncc(-c2cccs2)c1)C(=O)N1CC[C@](O)(c2ccc(Cl)cc2)C(C)(C)C1. The molecule has 188 valence electrons. The van der Waals surface area contributed by atoms with Gasteiger partial charge in [-0.25, -0.2) is 0 Å². The fourth-order valence-corrected chi connectivity index (χ4v) is 5.54. The average molecular weight is 524 g/mol. The summed E-state index contributed by atoms with van der Waals surface area (Å²) in [5.41, 5.74) is 0.756. The number of carbonyl (C=O) groups is 2. The van der Waals surface area contributed by atoms with E-state index in [1.807, 2.05) is 43.5 Å². The number of nitrogens with zero attached hydrogens (tertiary/aromatic N) is 2. The lowest BCUT2D eigenvalue weighted by Gasteiger charge is -2.51. The van der Waals surface area contributed by atoms with Gasteiger partial charge in [0.25, 0.3) is 5.91 Å². The molecule has 0 radical (unpaired) electrons. The highest BCUT2D eigenvalue weighted by molar-refractivity contribution is 7.13. The van der Waals surface area contributed by atoms with Gasteiger partial charge in [-0.15, -0.1) is 11.3 Å². The van der Waals surface area contributed by atoms with Crippen molar-refractivity contribution in [1.29, 1.82) is 0 Å². The molecule has 36 heavy (non-hydrogen) atoms. The summed E-state index contributed by atoms with van der Waals surface area (Å²) in [7, 11) is 0. The Morgan fingerprint density at radius 2 is 1.94 bits per heavy atom. The number of hydrogen-bond acceptors (Lipinski definition) is 5. The lowest BCUT2D eigenvalue weighted by molar-refractivity contribution is -0.154. The Balaban J connectivity index is 1.50. The molecule has 0 bridgehead atoms. The van der Waals surface area contributed by atoms with Crippen LogP contribution in [-0.4, -0.2) is 45.9 Å². The largest absolute Gasteiger partial charge is 0.384 e. The molecule has 0 saturated carbocycles. The molecule has 1 aliphatic heterocycles.